The Morgan fingerprint density at radius 1 is 1.09 bits per heavy atom. The number of aromatic nitrogens is 2. The Bertz CT molecular complexity index is 1030. The lowest BCUT2D eigenvalue weighted by molar-refractivity contribution is 0.0927. The summed E-state index contributed by atoms with van der Waals surface area (Å²) < 4.78 is 5.65. The van der Waals surface area contributed by atoms with E-state index in [0.717, 1.165) is 55.2 Å². The molecule has 3 heterocycles. The summed E-state index contributed by atoms with van der Waals surface area (Å²) in [6.07, 6.45) is 0. The monoisotopic (exact) mass is 451 g/mol. The van der Waals surface area contributed by atoms with Gasteiger partial charge in [-0.15, -0.1) is 0 Å². The first kappa shape index (κ1) is 22.4. The van der Waals surface area contributed by atoms with Crippen molar-refractivity contribution in [1.82, 2.24) is 20.2 Å². The zero-order chi connectivity index (χ0) is 22.3. The van der Waals surface area contributed by atoms with Crippen LogP contribution in [0.3, 0.4) is 0 Å². The Morgan fingerprint density at radius 3 is 2.62 bits per heavy atom. The third kappa shape index (κ3) is 5.89. The van der Waals surface area contributed by atoms with E-state index in [4.69, 9.17) is 9.40 Å². The van der Waals surface area contributed by atoms with Crippen LogP contribution in [0.25, 0.3) is 0 Å². The normalized spacial score (nSPS) is 14.5. The number of nitrogens with zero attached hydrogens (tertiary/aromatic N) is 4. The maximum atomic E-state index is 11.9. The molecule has 1 aliphatic rings. The van der Waals surface area contributed by atoms with Gasteiger partial charge in [0.2, 0.25) is 0 Å². The third-order valence-electron chi connectivity index (χ3n) is 5.33. The van der Waals surface area contributed by atoms with Gasteiger partial charge in [-0.3, -0.25) is 9.69 Å². The number of furan rings is 1. The van der Waals surface area contributed by atoms with Gasteiger partial charge in [-0.2, -0.15) is 0 Å². The fourth-order valence-corrected chi connectivity index (χ4v) is 4.48. The van der Waals surface area contributed by atoms with E-state index in [1.807, 2.05) is 19.9 Å². The summed E-state index contributed by atoms with van der Waals surface area (Å²) in [4.78, 5) is 26.1. The van der Waals surface area contributed by atoms with Crippen molar-refractivity contribution in [3.63, 3.8) is 0 Å². The van der Waals surface area contributed by atoms with Gasteiger partial charge in [0.25, 0.3) is 5.91 Å². The van der Waals surface area contributed by atoms with Crippen molar-refractivity contribution in [1.29, 1.82) is 0 Å². The molecule has 0 saturated carbocycles. The first-order valence-corrected chi connectivity index (χ1v) is 12.0. The van der Waals surface area contributed by atoms with E-state index in [1.54, 1.807) is 6.07 Å². The van der Waals surface area contributed by atoms with Crippen molar-refractivity contribution in [3.05, 3.63) is 71.3 Å². The van der Waals surface area contributed by atoms with E-state index in [1.165, 1.54) is 17.3 Å². The Morgan fingerprint density at radius 2 is 1.88 bits per heavy atom. The van der Waals surface area contributed by atoms with Crippen molar-refractivity contribution in [2.75, 3.05) is 37.6 Å². The molecule has 0 spiro atoms. The predicted octanol–water partition coefficient (Wildman–Crippen LogP) is 3.74. The summed E-state index contributed by atoms with van der Waals surface area (Å²) in [5.74, 6) is 2.43. The predicted molar refractivity (Wildman–Crippen MR) is 127 cm³/mol. The largest absolute Gasteiger partial charge is 0.455 e. The van der Waals surface area contributed by atoms with Crippen LogP contribution >= 0.6 is 11.8 Å². The van der Waals surface area contributed by atoms with Crippen molar-refractivity contribution in [2.45, 2.75) is 31.3 Å². The average molecular weight is 452 g/mol. The van der Waals surface area contributed by atoms with Gasteiger partial charge in [-0.25, -0.2) is 9.97 Å². The van der Waals surface area contributed by atoms with E-state index in [-0.39, 0.29) is 5.91 Å². The minimum Gasteiger partial charge on any atom is -0.455 e. The fourth-order valence-electron chi connectivity index (χ4n) is 3.69. The van der Waals surface area contributed by atoms with Crippen LogP contribution in [0.1, 0.15) is 34.5 Å². The van der Waals surface area contributed by atoms with Gasteiger partial charge in [0.15, 0.2) is 10.9 Å². The van der Waals surface area contributed by atoms with Crippen LogP contribution in [0.5, 0.6) is 0 Å². The first-order chi connectivity index (χ1) is 15.6. The molecule has 32 heavy (non-hydrogen) atoms. The lowest BCUT2D eigenvalue weighted by Gasteiger charge is -2.35. The lowest BCUT2D eigenvalue weighted by Crippen LogP contribution is -2.46. The molecular formula is C24H29N5O2S. The highest BCUT2D eigenvalue weighted by atomic mass is 32.2. The number of amides is 1. The number of hydrogen-bond acceptors (Lipinski definition) is 7. The Balaban J connectivity index is 1.33. The van der Waals surface area contributed by atoms with Crippen LogP contribution in [0.15, 0.2) is 58.1 Å². The van der Waals surface area contributed by atoms with Gasteiger partial charge in [0.1, 0.15) is 11.6 Å². The van der Waals surface area contributed by atoms with Crippen LogP contribution in [0, 0.1) is 6.92 Å². The molecule has 1 saturated heterocycles. The molecule has 8 heteroatoms. The molecule has 0 bridgehead atoms. The molecule has 1 aliphatic heterocycles. The summed E-state index contributed by atoms with van der Waals surface area (Å²) in [5.41, 5.74) is 2.30. The molecule has 1 aromatic carbocycles. The molecule has 0 unspecified atom stereocenters. The van der Waals surface area contributed by atoms with E-state index in [0.29, 0.717) is 18.1 Å². The van der Waals surface area contributed by atoms with Crippen LogP contribution in [-0.4, -0.2) is 53.5 Å². The van der Waals surface area contributed by atoms with Crippen molar-refractivity contribution < 1.29 is 9.21 Å². The van der Waals surface area contributed by atoms with Crippen LogP contribution in [0.2, 0.25) is 0 Å². The lowest BCUT2D eigenvalue weighted by atomic mass is 10.2. The number of aryl methyl sites for hydroxylation is 1. The van der Waals surface area contributed by atoms with Crippen molar-refractivity contribution >= 4 is 23.5 Å². The van der Waals surface area contributed by atoms with Crippen molar-refractivity contribution in [2.24, 2.45) is 0 Å². The highest BCUT2D eigenvalue weighted by Crippen LogP contribution is 2.24. The summed E-state index contributed by atoms with van der Waals surface area (Å²) in [7, 11) is 0. The number of rotatable bonds is 8. The second-order valence-electron chi connectivity index (χ2n) is 7.81. The molecule has 1 amide bonds. The van der Waals surface area contributed by atoms with Gasteiger partial charge < -0.3 is 14.6 Å². The van der Waals surface area contributed by atoms with Gasteiger partial charge in [-0.1, -0.05) is 42.1 Å². The molecule has 1 fully saturated rings. The summed E-state index contributed by atoms with van der Waals surface area (Å²) >= 11 is 1.52. The molecule has 1 N–H and O–H groups in total. The number of carbonyl (C=O) groups is 1. The number of anilines is 1. The Kier molecular flexibility index (Phi) is 7.44. The Hall–Kier alpha value is -2.84. The topological polar surface area (TPSA) is 74.5 Å². The van der Waals surface area contributed by atoms with E-state index < -0.39 is 0 Å². The highest BCUT2D eigenvalue weighted by Gasteiger charge is 2.19. The average Bonchev–Trinajstić information content (AvgIpc) is 3.28. The molecule has 0 atom stereocenters. The number of benzene rings is 1. The SMILES string of the molecule is CCNC(=O)c1ccc(CSc2nc(C)cc(N3CCN(Cc4ccccc4)CC3)n2)o1. The zero-order valence-electron chi connectivity index (χ0n) is 18.6. The van der Waals surface area contributed by atoms with E-state index in [2.05, 4.69) is 56.5 Å². The highest BCUT2D eigenvalue weighted by molar-refractivity contribution is 7.98. The minimum atomic E-state index is -0.191. The molecule has 0 aliphatic carbocycles. The second-order valence-corrected chi connectivity index (χ2v) is 8.76. The number of hydrogen-bond donors (Lipinski definition) is 1. The Labute approximate surface area is 193 Å². The fraction of sp³-hybridized carbons (Fsp3) is 0.375. The molecule has 4 rings (SSSR count). The molecular weight excluding hydrogens is 422 g/mol. The van der Waals surface area contributed by atoms with Crippen LogP contribution < -0.4 is 10.2 Å². The molecule has 7 nitrogen and oxygen atoms in total. The standard InChI is InChI=1S/C24H29N5O2S/c1-3-25-23(30)21-10-9-20(31-21)17-32-24-26-18(2)15-22(27-24)29-13-11-28(12-14-29)16-19-7-5-4-6-8-19/h4-10,15H,3,11-14,16-17H2,1-2H3,(H,25,30). The van der Waals surface area contributed by atoms with Crippen LogP contribution in [-0.2, 0) is 12.3 Å². The molecule has 2 aromatic heterocycles. The summed E-state index contributed by atoms with van der Waals surface area (Å²) in [6, 6.07) is 16.2. The number of piperazine rings is 1. The summed E-state index contributed by atoms with van der Waals surface area (Å²) in [5, 5.41) is 3.47. The number of nitrogens with one attached hydrogen (secondary N) is 1. The quantitative estimate of drug-likeness (QED) is 0.413. The molecule has 3 aromatic rings. The minimum absolute atomic E-state index is 0.191. The maximum Gasteiger partial charge on any atom is 0.286 e. The maximum absolute atomic E-state index is 11.9. The number of thioether (sulfide) groups is 1. The number of carbonyl (C=O) groups excluding carboxylic acids is 1. The van der Waals surface area contributed by atoms with Gasteiger partial charge in [-0.05, 0) is 31.5 Å². The summed E-state index contributed by atoms with van der Waals surface area (Å²) in [6.45, 7) is 9.35. The first-order valence-electron chi connectivity index (χ1n) is 11.0. The van der Waals surface area contributed by atoms with Gasteiger partial charge >= 0.3 is 0 Å². The zero-order valence-corrected chi connectivity index (χ0v) is 19.4. The van der Waals surface area contributed by atoms with Gasteiger partial charge in [0.05, 0.1) is 5.75 Å². The smallest absolute Gasteiger partial charge is 0.286 e. The van der Waals surface area contributed by atoms with Crippen LogP contribution in [0.4, 0.5) is 5.82 Å². The second kappa shape index (κ2) is 10.7. The molecule has 0 radical (unpaired) electrons. The van der Waals surface area contributed by atoms with Gasteiger partial charge in [0, 0.05) is 51.0 Å². The van der Waals surface area contributed by atoms with E-state index >= 15 is 0 Å². The van der Waals surface area contributed by atoms with E-state index in [9.17, 15) is 4.79 Å². The van der Waals surface area contributed by atoms with Crippen molar-refractivity contribution in [3.8, 4) is 0 Å². The molecule has 168 valence electrons. The third-order valence-corrected chi connectivity index (χ3v) is 6.20.